The molecular weight excluding hydrogens is 212 g/mol. The lowest BCUT2D eigenvalue weighted by Crippen LogP contribution is -2.67. The molecule has 0 N–H and O–H groups in total. The minimum absolute atomic E-state index is 0.498. The zero-order chi connectivity index (χ0) is 11.7. The molecule has 96 valence electrons. The van der Waals surface area contributed by atoms with Crippen molar-refractivity contribution in [1.82, 2.24) is 14.7 Å². The third-order valence-electron chi connectivity index (χ3n) is 4.17. The third kappa shape index (κ3) is 2.08. The van der Waals surface area contributed by atoms with Gasteiger partial charge in [-0.3, -0.25) is 14.8 Å². The highest BCUT2D eigenvalue weighted by Crippen LogP contribution is 2.23. The average Bonchev–Trinajstić information content (AvgIpc) is 2.39. The molecule has 0 bridgehead atoms. The van der Waals surface area contributed by atoms with E-state index < -0.39 is 0 Å². The molecule has 0 aromatic rings. The van der Waals surface area contributed by atoms with Crippen LogP contribution in [0.25, 0.3) is 0 Å². The number of rotatable bonds is 2. The van der Waals surface area contributed by atoms with E-state index in [0.717, 1.165) is 6.54 Å². The van der Waals surface area contributed by atoms with Crippen LogP contribution in [0.2, 0.25) is 0 Å². The van der Waals surface area contributed by atoms with Crippen LogP contribution in [0.15, 0.2) is 4.99 Å². The van der Waals surface area contributed by atoms with E-state index in [-0.39, 0.29) is 0 Å². The number of piperazine rings is 1. The minimum atomic E-state index is 0.498. The lowest BCUT2D eigenvalue weighted by Gasteiger charge is -2.51. The fourth-order valence-corrected chi connectivity index (χ4v) is 3.42. The van der Waals surface area contributed by atoms with Gasteiger partial charge < -0.3 is 4.90 Å². The molecule has 3 heterocycles. The maximum Gasteiger partial charge on any atom is 0.132 e. The first kappa shape index (κ1) is 11.5. The van der Waals surface area contributed by atoms with Gasteiger partial charge in [0.25, 0.3) is 0 Å². The van der Waals surface area contributed by atoms with Gasteiger partial charge in [0.05, 0.1) is 0 Å². The molecule has 0 aromatic carbocycles. The molecule has 0 aromatic heterocycles. The van der Waals surface area contributed by atoms with Crippen LogP contribution in [-0.4, -0.2) is 72.5 Å². The Kier molecular flexibility index (Phi) is 3.34. The number of hydrogen-bond donors (Lipinski definition) is 0. The Hall–Kier alpha value is -0.610. The lowest BCUT2D eigenvalue weighted by atomic mass is 10.1. The number of nitrogens with zero attached hydrogens (tertiary/aromatic N) is 4. The van der Waals surface area contributed by atoms with Crippen molar-refractivity contribution in [3.63, 3.8) is 0 Å². The van der Waals surface area contributed by atoms with Gasteiger partial charge in [-0.25, -0.2) is 0 Å². The first-order valence-electron chi connectivity index (χ1n) is 7.17. The van der Waals surface area contributed by atoms with Crippen molar-refractivity contribution in [1.29, 1.82) is 0 Å². The topological polar surface area (TPSA) is 22.1 Å². The zero-order valence-corrected chi connectivity index (χ0v) is 10.9. The van der Waals surface area contributed by atoms with Gasteiger partial charge in [-0.15, -0.1) is 0 Å². The molecule has 2 saturated heterocycles. The summed E-state index contributed by atoms with van der Waals surface area (Å²) >= 11 is 0. The summed E-state index contributed by atoms with van der Waals surface area (Å²) in [6.07, 6.45) is 4.31. The summed E-state index contributed by atoms with van der Waals surface area (Å²) < 4.78 is 0. The highest BCUT2D eigenvalue weighted by molar-refractivity contribution is 5.88. The van der Waals surface area contributed by atoms with E-state index in [0.29, 0.717) is 6.17 Å². The quantitative estimate of drug-likeness (QED) is 0.709. The van der Waals surface area contributed by atoms with Gasteiger partial charge in [-0.05, 0) is 25.8 Å². The summed E-state index contributed by atoms with van der Waals surface area (Å²) in [4.78, 5) is 12.6. The number of amidine groups is 1. The summed E-state index contributed by atoms with van der Waals surface area (Å²) in [5.74, 6) is 1.37. The maximum atomic E-state index is 4.83. The second kappa shape index (κ2) is 4.94. The van der Waals surface area contributed by atoms with Crippen molar-refractivity contribution in [2.24, 2.45) is 4.99 Å². The van der Waals surface area contributed by atoms with E-state index in [1.165, 1.54) is 64.4 Å². The van der Waals surface area contributed by atoms with Gasteiger partial charge in [-0.2, -0.15) is 0 Å². The highest BCUT2D eigenvalue weighted by atomic mass is 15.5. The van der Waals surface area contributed by atoms with Crippen LogP contribution in [-0.2, 0) is 0 Å². The van der Waals surface area contributed by atoms with Crippen molar-refractivity contribution < 1.29 is 0 Å². The van der Waals surface area contributed by atoms with Crippen molar-refractivity contribution >= 4 is 5.84 Å². The summed E-state index contributed by atoms with van der Waals surface area (Å²) in [5.41, 5.74) is 0. The standard InChI is InChI=1S/C13H24N4/c1-2-6-16-8-4-9-17-11-10-15-7-3-5-14-12(15)13(16)17/h13H,2-11H2,1H3. The third-order valence-corrected chi connectivity index (χ3v) is 4.17. The molecule has 1 unspecified atom stereocenters. The van der Waals surface area contributed by atoms with Crippen LogP contribution in [0.3, 0.4) is 0 Å². The van der Waals surface area contributed by atoms with Gasteiger partial charge in [0.2, 0.25) is 0 Å². The number of hydrogen-bond acceptors (Lipinski definition) is 4. The van der Waals surface area contributed by atoms with Crippen LogP contribution in [0.5, 0.6) is 0 Å². The van der Waals surface area contributed by atoms with Gasteiger partial charge in [-0.1, -0.05) is 6.92 Å². The molecule has 4 nitrogen and oxygen atoms in total. The largest absolute Gasteiger partial charge is 0.357 e. The maximum absolute atomic E-state index is 4.83. The molecule has 4 heteroatoms. The smallest absolute Gasteiger partial charge is 0.132 e. The Morgan fingerprint density at radius 1 is 1.12 bits per heavy atom. The zero-order valence-electron chi connectivity index (χ0n) is 10.9. The van der Waals surface area contributed by atoms with E-state index in [1.54, 1.807) is 0 Å². The van der Waals surface area contributed by atoms with Gasteiger partial charge in [0, 0.05) is 39.3 Å². The summed E-state index contributed by atoms with van der Waals surface area (Å²) in [6.45, 7) is 10.7. The average molecular weight is 236 g/mol. The molecule has 3 aliphatic rings. The summed E-state index contributed by atoms with van der Waals surface area (Å²) in [7, 11) is 0. The van der Waals surface area contributed by atoms with Crippen molar-refractivity contribution in [2.75, 3.05) is 45.8 Å². The molecule has 2 fully saturated rings. The Bertz CT molecular complexity index is 300. The minimum Gasteiger partial charge on any atom is -0.357 e. The molecule has 1 atom stereocenters. The van der Waals surface area contributed by atoms with E-state index >= 15 is 0 Å². The first-order valence-corrected chi connectivity index (χ1v) is 7.17. The van der Waals surface area contributed by atoms with Gasteiger partial charge in [0.15, 0.2) is 0 Å². The molecular formula is C13H24N4. The fourth-order valence-electron chi connectivity index (χ4n) is 3.42. The van der Waals surface area contributed by atoms with Crippen LogP contribution < -0.4 is 0 Å². The van der Waals surface area contributed by atoms with E-state index in [2.05, 4.69) is 21.6 Å². The van der Waals surface area contributed by atoms with Crippen LogP contribution >= 0.6 is 0 Å². The summed E-state index contributed by atoms with van der Waals surface area (Å²) in [6, 6.07) is 0. The Morgan fingerprint density at radius 3 is 2.94 bits per heavy atom. The predicted octanol–water partition coefficient (Wildman–Crippen LogP) is 0.848. The molecule has 3 aliphatic heterocycles. The van der Waals surface area contributed by atoms with Crippen molar-refractivity contribution in [3.8, 4) is 0 Å². The fraction of sp³-hybridized carbons (Fsp3) is 0.923. The van der Waals surface area contributed by atoms with Crippen LogP contribution in [0, 0.1) is 0 Å². The Balaban J connectivity index is 1.83. The van der Waals surface area contributed by atoms with E-state index in [1.807, 2.05) is 0 Å². The first-order chi connectivity index (χ1) is 8.40. The second-order valence-electron chi connectivity index (χ2n) is 5.38. The van der Waals surface area contributed by atoms with E-state index in [9.17, 15) is 0 Å². The van der Waals surface area contributed by atoms with Crippen LogP contribution in [0.1, 0.15) is 26.2 Å². The normalized spacial score (nSPS) is 30.8. The number of fused-ring (bicyclic) bond motifs is 3. The molecule has 17 heavy (non-hydrogen) atoms. The Labute approximate surface area is 104 Å². The predicted molar refractivity (Wildman–Crippen MR) is 70.3 cm³/mol. The summed E-state index contributed by atoms with van der Waals surface area (Å²) in [5, 5.41) is 0. The van der Waals surface area contributed by atoms with Gasteiger partial charge >= 0.3 is 0 Å². The highest BCUT2D eigenvalue weighted by Gasteiger charge is 2.39. The number of aliphatic imine (C=N–C) groups is 1. The van der Waals surface area contributed by atoms with Crippen LogP contribution in [0.4, 0.5) is 0 Å². The molecule has 0 radical (unpaired) electrons. The second-order valence-corrected chi connectivity index (χ2v) is 5.38. The monoisotopic (exact) mass is 236 g/mol. The van der Waals surface area contributed by atoms with Crippen molar-refractivity contribution in [2.45, 2.75) is 32.4 Å². The molecule has 0 amide bonds. The molecule has 0 saturated carbocycles. The van der Waals surface area contributed by atoms with E-state index in [4.69, 9.17) is 4.99 Å². The SMILES string of the molecule is CCCN1CCCN2CCN3CCCN=C3C12. The van der Waals surface area contributed by atoms with Crippen molar-refractivity contribution in [3.05, 3.63) is 0 Å². The lowest BCUT2D eigenvalue weighted by molar-refractivity contribution is 0.0169. The molecule has 3 rings (SSSR count). The molecule has 0 spiro atoms. The Morgan fingerprint density at radius 2 is 2.06 bits per heavy atom. The van der Waals surface area contributed by atoms with Gasteiger partial charge in [0.1, 0.15) is 12.0 Å². The molecule has 0 aliphatic carbocycles.